The maximum absolute atomic E-state index is 11.3. The first kappa shape index (κ1) is 18.3. The zero-order valence-corrected chi connectivity index (χ0v) is 14.4. The first-order valence-corrected chi connectivity index (χ1v) is 7.61. The van der Waals surface area contributed by atoms with E-state index in [-0.39, 0.29) is 0 Å². The molecule has 0 amide bonds. The lowest BCUT2D eigenvalue weighted by Gasteiger charge is -2.31. The molecule has 0 radical (unpaired) electrons. The number of carboxylic acid groups (broad SMARTS) is 1. The second-order valence-electron chi connectivity index (χ2n) is 6.07. The van der Waals surface area contributed by atoms with E-state index in [1.54, 1.807) is 13.8 Å². The molecular weight excluding hydrogens is 298 g/mol. The quantitative estimate of drug-likeness (QED) is 0.761. The zero-order valence-electron chi connectivity index (χ0n) is 13.7. The fourth-order valence-electron chi connectivity index (χ4n) is 2.10. The summed E-state index contributed by atoms with van der Waals surface area (Å²) in [5, 5.41) is 10.00. The van der Waals surface area contributed by atoms with Gasteiger partial charge in [-0.05, 0) is 45.4 Å². The second-order valence-corrected chi connectivity index (χ2v) is 6.51. The number of allylic oxidation sites excluding steroid dienone is 3. The Morgan fingerprint density at radius 2 is 1.91 bits per heavy atom. The molecule has 1 aromatic carbocycles. The molecule has 0 bridgehead atoms. The summed E-state index contributed by atoms with van der Waals surface area (Å²) in [7, 11) is 0. The van der Waals surface area contributed by atoms with Gasteiger partial charge in [-0.3, -0.25) is 4.79 Å². The van der Waals surface area contributed by atoms with Crippen molar-refractivity contribution in [2.75, 3.05) is 0 Å². The van der Waals surface area contributed by atoms with E-state index >= 15 is 0 Å². The lowest BCUT2D eigenvalue weighted by Crippen LogP contribution is -2.29. The summed E-state index contributed by atoms with van der Waals surface area (Å²) in [5.41, 5.74) is 2.09. The molecule has 1 N–H and O–H groups in total. The van der Waals surface area contributed by atoms with Crippen LogP contribution in [0.2, 0.25) is 5.02 Å². The summed E-state index contributed by atoms with van der Waals surface area (Å²) < 4.78 is 0. The van der Waals surface area contributed by atoms with Gasteiger partial charge in [-0.15, -0.1) is 0 Å². The van der Waals surface area contributed by atoms with E-state index in [9.17, 15) is 9.90 Å². The monoisotopic (exact) mass is 321 g/mol. The summed E-state index contributed by atoms with van der Waals surface area (Å²) in [5.74, 6) is -0.821. The minimum Gasteiger partial charge on any atom is -0.481 e. The maximum Gasteiger partial charge on any atom is 0.309 e. The molecule has 0 spiro atoms. The van der Waals surface area contributed by atoms with E-state index in [0.717, 1.165) is 17.0 Å². The lowest BCUT2D eigenvalue weighted by atomic mass is 9.87. The standard InChI is InChI=1S/C18H24ClNO2/c1-6-13(2)20(12-15-7-9-16(19)10-8-15)14(3)11-18(4,5)17(21)22/h6-10H,3,11-12H2,1-2,4-5H3,(H,21,22)/b13-6+. The SMILES string of the molecule is C=C(CC(C)(C)C(=O)O)N(Cc1ccc(Cl)cc1)/C(C)=C/C. The average Bonchev–Trinajstić information content (AvgIpc) is 2.45. The minimum absolute atomic E-state index is 0.390. The van der Waals surface area contributed by atoms with Crippen LogP contribution in [0.4, 0.5) is 0 Å². The molecule has 0 fully saturated rings. The Balaban J connectivity index is 2.96. The lowest BCUT2D eigenvalue weighted by molar-refractivity contribution is -0.147. The molecule has 0 saturated carbocycles. The predicted octanol–water partition coefficient (Wildman–Crippen LogP) is 5.08. The molecule has 4 heteroatoms. The number of aliphatic carboxylic acids is 1. The Hall–Kier alpha value is -1.74. The van der Waals surface area contributed by atoms with Gasteiger partial charge in [0.25, 0.3) is 0 Å². The first-order chi connectivity index (χ1) is 10.2. The number of nitrogens with zero attached hydrogens (tertiary/aromatic N) is 1. The van der Waals surface area contributed by atoms with E-state index in [4.69, 9.17) is 11.6 Å². The van der Waals surface area contributed by atoms with Crippen molar-refractivity contribution >= 4 is 17.6 Å². The molecule has 0 aliphatic rings. The highest BCUT2D eigenvalue weighted by atomic mass is 35.5. The third kappa shape index (κ3) is 4.92. The summed E-state index contributed by atoms with van der Waals surface area (Å²) in [6.45, 7) is 12.1. The minimum atomic E-state index is -0.844. The maximum atomic E-state index is 11.3. The van der Waals surface area contributed by atoms with E-state index in [2.05, 4.69) is 6.58 Å². The molecule has 1 aromatic rings. The van der Waals surface area contributed by atoms with Gasteiger partial charge in [0, 0.05) is 29.4 Å². The van der Waals surface area contributed by atoms with Crippen LogP contribution in [0.5, 0.6) is 0 Å². The van der Waals surface area contributed by atoms with E-state index < -0.39 is 11.4 Å². The number of hydrogen-bond acceptors (Lipinski definition) is 2. The Bertz CT molecular complexity index is 573. The van der Waals surface area contributed by atoms with Gasteiger partial charge in [0.1, 0.15) is 0 Å². The highest BCUT2D eigenvalue weighted by Crippen LogP contribution is 2.29. The number of carbonyl (C=O) groups is 1. The van der Waals surface area contributed by atoms with Crippen molar-refractivity contribution in [3.63, 3.8) is 0 Å². The third-order valence-corrected chi connectivity index (χ3v) is 3.96. The summed E-state index contributed by atoms with van der Waals surface area (Å²) in [6.07, 6.45) is 2.38. The van der Waals surface area contributed by atoms with Gasteiger partial charge in [-0.1, -0.05) is 36.4 Å². The van der Waals surface area contributed by atoms with Crippen LogP contribution in [0.25, 0.3) is 0 Å². The van der Waals surface area contributed by atoms with Crippen LogP contribution in [-0.4, -0.2) is 16.0 Å². The molecule has 0 aliphatic heterocycles. The Morgan fingerprint density at radius 1 is 1.36 bits per heavy atom. The number of carboxylic acids is 1. The van der Waals surface area contributed by atoms with Crippen LogP contribution in [0.15, 0.2) is 48.3 Å². The summed E-state index contributed by atoms with van der Waals surface area (Å²) in [6, 6.07) is 7.63. The van der Waals surface area contributed by atoms with Crippen LogP contribution in [0.1, 0.15) is 39.7 Å². The summed E-state index contributed by atoms with van der Waals surface area (Å²) in [4.78, 5) is 13.4. The fourth-order valence-corrected chi connectivity index (χ4v) is 2.22. The van der Waals surface area contributed by atoms with Crippen molar-refractivity contribution in [3.05, 3.63) is 58.9 Å². The highest BCUT2D eigenvalue weighted by Gasteiger charge is 2.29. The third-order valence-electron chi connectivity index (χ3n) is 3.70. The molecule has 22 heavy (non-hydrogen) atoms. The van der Waals surface area contributed by atoms with Gasteiger partial charge in [-0.2, -0.15) is 0 Å². The van der Waals surface area contributed by atoms with E-state index in [1.165, 1.54) is 0 Å². The number of halogens is 1. The predicted molar refractivity (Wildman–Crippen MR) is 91.6 cm³/mol. The molecule has 0 aliphatic carbocycles. The van der Waals surface area contributed by atoms with Crippen LogP contribution in [0, 0.1) is 5.41 Å². The Kier molecular flexibility index (Phi) is 6.24. The van der Waals surface area contributed by atoms with Crippen LogP contribution >= 0.6 is 11.6 Å². The molecule has 0 heterocycles. The number of benzene rings is 1. The molecule has 1 rings (SSSR count). The molecule has 0 saturated heterocycles. The molecule has 120 valence electrons. The van der Waals surface area contributed by atoms with Gasteiger partial charge < -0.3 is 10.0 Å². The van der Waals surface area contributed by atoms with Crippen LogP contribution < -0.4 is 0 Å². The topological polar surface area (TPSA) is 40.5 Å². The van der Waals surface area contributed by atoms with Crippen molar-refractivity contribution in [1.29, 1.82) is 0 Å². The summed E-state index contributed by atoms with van der Waals surface area (Å²) >= 11 is 5.91. The highest BCUT2D eigenvalue weighted by molar-refractivity contribution is 6.30. The van der Waals surface area contributed by atoms with Crippen LogP contribution in [0.3, 0.4) is 0 Å². The van der Waals surface area contributed by atoms with Gasteiger partial charge in [0.15, 0.2) is 0 Å². The molecular formula is C18H24ClNO2. The number of hydrogen-bond donors (Lipinski definition) is 1. The van der Waals surface area contributed by atoms with Gasteiger partial charge in [-0.25, -0.2) is 0 Å². The second kappa shape index (κ2) is 7.50. The van der Waals surface area contributed by atoms with Crippen molar-refractivity contribution in [2.45, 2.75) is 40.7 Å². The molecule has 3 nitrogen and oxygen atoms in total. The first-order valence-electron chi connectivity index (χ1n) is 7.23. The largest absolute Gasteiger partial charge is 0.481 e. The van der Waals surface area contributed by atoms with Crippen molar-refractivity contribution in [3.8, 4) is 0 Å². The molecule has 0 unspecified atom stereocenters. The van der Waals surface area contributed by atoms with Crippen molar-refractivity contribution in [2.24, 2.45) is 5.41 Å². The molecule has 0 aromatic heterocycles. The van der Waals surface area contributed by atoms with Crippen molar-refractivity contribution < 1.29 is 9.90 Å². The fraction of sp³-hybridized carbons (Fsp3) is 0.389. The van der Waals surface area contributed by atoms with Gasteiger partial charge >= 0.3 is 5.97 Å². The number of rotatable bonds is 7. The Labute approximate surface area is 137 Å². The average molecular weight is 322 g/mol. The van der Waals surface area contributed by atoms with E-state index in [1.807, 2.05) is 49.1 Å². The van der Waals surface area contributed by atoms with Crippen molar-refractivity contribution in [1.82, 2.24) is 4.90 Å². The van der Waals surface area contributed by atoms with Crippen LogP contribution in [-0.2, 0) is 11.3 Å². The Morgan fingerprint density at radius 3 is 2.36 bits per heavy atom. The normalized spacial score (nSPS) is 12.1. The van der Waals surface area contributed by atoms with Gasteiger partial charge in [0.2, 0.25) is 0 Å². The smallest absolute Gasteiger partial charge is 0.309 e. The molecule has 0 atom stereocenters. The van der Waals surface area contributed by atoms with E-state index in [0.29, 0.717) is 18.0 Å². The zero-order chi connectivity index (χ0) is 16.9. The van der Waals surface area contributed by atoms with Gasteiger partial charge in [0.05, 0.1) is 5.41 Å².